The molecule has 0 aliphatic heterocycles. The maximum absolute atomic E-state index is 13.5. The van der Waals surface area contributed by atoms with Crippen molar-refractivity contribution in [2.45, 2.75) is 84.1 Å². The molecule has 0 aliphatic carbocycles. The molecule has 1 rings (SSSR count). The van der Waals surface area contributed by atoms with Crippen LogP contribution in [0.2, 0.25) is 0 Å². The van der Waals surface area contributed by atoms with E-state index in [1.807, 2.05) is 13.8 Å². The summed E-state index contributed by atoms with van der Waals surface area (Å²) in [6.45, 7) is 8.36. The molecule has 0 saturated heterocycles. The number of carboxylic acid groups (broad SMARTS) is 1. The molecule has 0 aliphatic rings. The predicted molar refractivity (Wildman–Crippen MR) is 147 cm³/mol. The van der Waals surface area contributed by atoms with Gasteiger partial charge in [-0.05, 0) is 30.7 Å². The molecule has 5 atom stereocenters. The molecular weight excluding hydrogens is 520 g/mol. The maximum atomic E-state index is 13.5. The summed E-state index contributed by atoms with van der Waals surface area (Å²) >= 11 is 0. The van der Waals surface area contributed by atoms with Crippen LogP contribution < -0.4 is 32.7 Å². The molecule has 0 saturated carbocycles. The van der Waals surface area contributed by atoms with Crippen molar-refractivity contribution in [2.75, 3.05) is 0 Å². The Morgan fingerprint density at radius 1 is 0.750 bits per heavy atom. The lowest BCUT2D eigenvalue weighted by Crippen LogP contribution is -2.59. The highest BCUT2D eigenvalue weighted by molar-refractivity contribution is 5.97. The molecule has 0 bridgehead atoms. The monoisotopic (exact) mass is 562 g/mol. The first-order chi connectivity index (χ1) is 18.6. The van der Waals surface area contributed by atoms with Gasteiger partial charge < -0.3 is 37.8 Å². The van der Waals surface area contributed by atoms with Gasteiger partial charge in [0.2, 0.25) is 29.5 Å². The number of carbonyl (C=O) groups excluding carboxylic acids is 5. The summed E-state index contributed by atoms with van der Waals surface area (Å²) in [6.07, 6.45) is -0.320. The van der Waals surface area contributed by atoms with E-state index in [0.717, 1.165) is 0 Å². The van der Waals surface area contributed by atoms with Gasteiger partial charge in [-0.1, -0.05) is 58.0 Å². The molecule has 0 aromatic heterocycles. The van der Waals surface area contributed by atoms with Gasteiger partial charge in [0.15, 0.2) is 0 Å². The summed E-state index contributed by atoms with van der Waals surface area (Å²) < 4.78 is 0. The molecule has 5 amide bonds. The second-order valence-electron chi connectivity index (χ2n) is 10.5. The molecule has 40 heavy (non-hydrogen) atoms. The summed E-state index contributed by atoms with van der Waals surface area (Å²) in [5.74, 6) is -5.46. The van der Waals surface area contributed by atoms with Gasteiger partial charge >= 0.3 is 5.97 Å². The fourth-order valence-electron chi connectivity index (χ4n) is 3.79. The third-order valence-electron chi connectivity index (χ3n) is 5.94. The van der Waals surface area contributed by atoms with Crippen LogP contribution in [0.5, 0.6) is 0 Å². The Morgan fingerprint density at radius 2 is 1.25 bits per heavy atom. The Morgan fingerprint density at radius 3 is 1.73 bits per heavy atom. The lowest BCUT2D eigenvalue weighted by atomic mass is 9.99. The maximum Gasteiger partial charge on any atom is 0.326 e. The van der Waals surface area contributed by atoms with Crippen LogP contribution in [0.4, 0.5) is 0 Å². The van der Waals surface area contributed by atoms with Crippen molar-refractivity contribution in [1.82, 2.24) is 21.3 Å². The minimum Gasteiger partial charge on any atom is -0.480 e. The van der Waals surface area contributed by atoms with E-state index < -0.39 is 78.1 Å². The zero-order valence-corrected chi connectivity index (χ0v) is 23.6. The van der Waals surface area contributed by atoms with E-state index in [1.165, 1.54) is 6.92 Å². The first kappa shape index (κ1) is 34.0. The summed E-state index contributed by atoms with van der Waals surface area (Å²) in [5.41, 5.74) is 11.5. The van der Waals surface area contributed by atoms with Gasteiger partial charge in [-0.3, -0.25) is 24.0 Å². The van der Waals surface area contributed by atoms with E-state index in [9.17, 15) is 33.9 Å². The van der Waals surface area contributed by atoms with E-state index in [0.29, 0.717) is 5.56 Å². The summed E-state index contributed by atoms with van der Waals surface area (Å²) in [5, 5.41) is 19.5. The predicted octanol–water partition coefficient (Wildman–Crippen LogP) is -0.822. The molecule has 0 unspecified atom stereocenters. The molecule has 1 aromatic carbocycles. The van der Waals surface area contributed by atoms with E-state index in [1.54, 1.807) is 44.2 Å². The standard InChI is InChI=1S/C27H42N6O7/c1-14(2)11-18(26(38)33-22(15(3)4)27(39)40)31-24(36)19(12-17-9-7-6-8-10-17)32-25(37)20(13-21(29)34)30-23(35)16(5)28/h6-10,14-16,18-20,22H,11-13,28H2,1-5H3,(H2,29,34)(H,30,35)(H,31,36)(H,32,37)(H,33,38)(H,39,40)/t16-,18-,19-,20-,22-/m0/s1. The fourth-order valence-corrected chi connectivity index (χ4v) is 3.79. The van der Waals surface area contributed by atoms with E-state index in [2.05, 4.69) is 21.3 Å². The largest absolute Gasteiger partial charge is 0.480 e. The Bertz CT molecular complexity index is 1050. The zero-order valence-electron chi connectivity index (χ0n) is 23.6. The van der Waals surface area contributed by atoms with Crippen LogP contribution in [0, 0.1) is 11.8 Å². The Kier molecular flexibility index (Phi) is 13.8. The number of hydrogen-bond acceptors (Lipinski definition) is 7. The van der Waals surface area contributed by atoms with Crippen molar-refractivity contribution < 1.29 is 33.9 Å². The topological polar surface area (TPSA) is 223 Å². The van der Waals surface area contributed by atoms with Crippen molar-refractivity contribution in [1.29, 1.82) is 0 Å². The quantitative estimate of drug-likeness (QED) is 0.134. The number of nitrogens with two attached hydrogens (primary N) is 2. The van der Waals surface area contributed by atoms with Crippen LogP contribution in [0.15, 0.2) is 30.3 Å². The number of aliphatic carboxylic acids is 1. The molecule has 0 fully saturated rings. The van der Waals surface area contributed by atoms with Crippen molar-refractivity contribution in [3.63, 3.8) is 0 Å². The number of amides is 5. The summed E-state index contributed by atoms with van der Waals surface area (Å²) in [7, 11) is 0. The van der Waals surface area contributed by atoms with Crippen molar-refractivity contribution in [3.05, 3.63) is 35.9 Å². The number of benzene rings is 1. The minimum absolute atomic E-state index is 0.0166. The molecule has 1 aromatic rings. The third kappa shape index (κ3) is 11.8. The number of nitrogens with one attached hydrogen (secondary N) is 4. The second kappa shape index (κ2) is 16.2. The van der Waals surface area contributed by atoms with Gasteiger partial charge in [0.05, 0.1) is 12.5 Å². The van der Waals surface area contributed by atoms with E-state index >= 15 is 0 Å². The molecule has 0 heterocycles. The summed E-state index contributed by atoms with van der Waals surface area (Å²) in [6, 6.07) is 2.91. The fraction of sp³-hybridized carbons (Fsp3) is 0.556. The average Bonchev–Trinajstić information content (AvgIpc) is 2.85. The van der Waals surface area contributed by atoms with Crippen molar-refractivity contribution in [2.24, 2.45) is 23.3 Å². The molecule has 222 valence electrons. The highest BCUT2D eigenvalue weighted by atomic mass is 16.4. The highest BCUT2D eigenvalue weighted by Crippen LogP contribution is 2.10. The van der Waals surface area contributed by atoms with Crippen LogP contribution in [-0.4, -0.2) is 70.8 Å². The van der Waals surface area contributed by atoms with Crippen molar-refractivity contribution in [3.8, 4) is 0 Å². The van der Waals surface area contributed by atoms with Crippen LogP contribution in [-0.2, 0) is 35.2 Å². The lowest BCUT2D eigenvalue weighted by molar-refractivity contribution is -0.143. The van der Waals surface area contributed by atoms with Crippen LogP contribution in [0.1, 0.15) is 53.0 Å². The number of hydrogen-bond donors (Lipinski definition) is 7. The SMILES string of the molecule is CC(C)C[C@H](NC(=O)[C@H](Cc1ccccc1)NC(=O)[C@H](CC(N)=O)NC(=O)[C@H](C)N)C(=O)N[C@H](C(=O)O)C(C)C. The van der Waals surface area contributed by atoms with Gasteiger partial charge in [0, 0.05) is 6.42 Å². The number of carboxylic acids is 1. The average molecular weight is 563 g/mol. The Labute approximate surface area is 234 Å². The molecular formula is C27H42N6O7. The molecule has 13 nitrogen and oxygen atoms in total. The van der Waals surface area contributed by atoms with Crippen LogP contribution >= 0.6 is 0 Å². The van der Waals surface area contributed by atoms with Gasteiger partial charge in [-0.25, -0.2) is 4.79 Å². The van der Waals surface area contributed by atoms with E-state index in [4.69, 9.17) is 11.5 Å². The van der Waals surface area contributed by atoms with Crippen molar-refractivity contribution >= 4 is 35.5 Å². The van der Waals surface area contributed by atoms with Gasteiger partial charge in [0.25, 0.3) is 0 Å². The molecule has 0 spiro atoms. The number of rotatable bonds is 16. The first-order valence-corrected chi connectivity index (χ1v) is 13.1. The first-order valence-electron chi connectivity index (χ1n) is 13.1. The second-order valence-corrected chi connectivity index (χ2v) is 10.5. The third-order valence-corrected chi connectivity index (χ3v) is 5.94. The molecule has 0 radical (unpaired) electrons. The van der Waals surface area contributed by atoms with Gasteiger partial charge in [-0.15, -0.1) is 0 Å². The number of primary amides is 1. The van der Waals surface area contributed by atoms with E-state index in [-0.39, 0.29) is 18.8 Å². The van der Waals surface area contributed by atoms with Gasteiger partial charge in [0.1, 0.15) is 24.2 Å². The molecule has 9 N–H and O–H groups in total. The smallest absolute Gasteiger partial charge is 0.326 e. The Balaban J connectivity index is 3.26. The van der Waals surface area contributed by atoms with Crippen LogP contribution in [0.3, 0.4) is 0 Å². The van der Waals surface area contributed by atoms with Gasteiger partial charge in [-0.2, -0.15) is 0 Å². The Hall–Kier alpha value is -4.00. The normalized spacial score (nSPS) is 14.8. The van der Waals surface area contributed by atoms with Crippen LogP contribution in [0.25, 0.3) is 0 Å². The number of carbonyl (C=O) groups is 6. The summed E-state index contributed by atoms with van der Waals surface area (Å²) in [4.78, 5) is 75.0. The molecule has 13 heteroatoms. The minimum atomic E-state index is -1.39. The zero-order chi connectivity index (χ0) is 30.6. The lowest BCUT2D eigenvalue weighted by Gasteiger charge is -2.27. The highest BCUT2D eigenvalue weighted by Gasteiger charge is 2.33.